The van der Waals surface area contributed by atoms with Crippen molar-refractivity contribution in [2.75, 3.05) is 12.4 Å². The molecule has 0 aliphatic heterocycles. The highest BCUT2D eigenvalue weighted by Crippen LogP contribution is 2.25. The summed E-state index contributed by atoms with van der Waals surface area (Å²) in [7, 11) is 1.51. The van der Waals surface area contributed by atoms with E-state index < -0.39 is 11.6 Å². The third-order valence-electron chi connectivity index (χ3n) is 5.25. The molecule has 0 unspecified atom stereocenters. The Morgan fingerprint density at radius 1 is 1.09 bits per heavy atom. The van der Waals surface area contributed by atoms with Gasteiger partial charge in [-0.3, -0.25) is 4.79 Å². The topological polar surface area (TPSA) is 117 Å². The number of carbonyl (C=O) groups excluding carboxylic acids is 1. The molecule has 10 heteroatoms. The molecule has 0 spiro atoms. The molecule has 3 heterocycles. The van der Waals surface area contributed by atoms with Crippen LogP contribution in [0.2, 0.25) is 0 Å². The molecule has 0 aliphatic carbocycles. The predicted octanol–water partition coefficient (Wildman–Crippen LogP) is 3.17. The molecule has 34 heavy (non-hydrogen) atoms. The summed E-state index contributed by atoms with van der Waals surface area (Å²) in [6.45, 7) is 1.72. The van der Waals surface area contributed by atoms with Gasteiger partial charge >= 0.3 is 5.69 Å². The Bertz CT molecular complexity index is 1550. The number of pyridine rings is 1. The van der Waals surface area contributed by atoms with Crippen LogP contribution in [0.4, 0.5) is 5.69 Å². The van der Waals surface area contributed by atoms with E-state index in [1.807, 2.05) is 31.2 Å². The molecule has 0 atom stereocenters. The number of amides is 1. The van der Waals surface area contributed by atoms with E-state index in [-0.39, 0.29) is 12.4 Å². The van der Waals surface area contributed by atoms with Crippen LogP contribution in [0.1, 0.15) is 5.56 Å². The molecule has 1 N–H and O–H groups in total. The van der Waals surface area contributed by atoms with E-state index in [4.69, 9.17) is 9.26 Å². The van der Waals surface area contributed by atoms with E-state index in [1.54, 1.807) is 42.6 Å². The van der Waals surface area contributed by atoms with Gasteiger partial charge in [-0.25, -0.2) is 13.9 Å². The van der Waals surface area contributed by atoms with E-state index >= 15 is 0 Å². The maximum absolute atomic E-state index is 12.9. The highest BCUT2D eigenvalue weighted by atomic mass is 16.5. The van der Waals surface area contributed by atoms with Gasteiger partial charge in [-0.05, 0) is 31.2 Å². The van der Waals surface area contributed by atoms with Crippen molar-refractivity contribution in [1.29, 1.82) is 0 Å². The van der Waals surface area contributed by atoms with Crippen molar-refractivity contribution >= 4 is 17.2 Å². The molecular weight excluding hydrogens is 436 g/mol. The second-order valence-corrected chi connectivity index (χ2v) is 7.59. The van der Waals surface area contributed by atoms with E-state index in [9.17, 15) is 9.59 Å². The fraction of sp³-hybridized carbons (Fsp3) is 0.125. The first-order valence-electron chi connectivity index (χ1n) is 10.5. The van der Waals surface area contributed by atoms with Crippen LogP contribution in [0.25, 0.3) is 28.5 Å². The lowest BCUT2D eigenvalue weighted by Gasteiger charge is -2.09. The average Bonchev–Trinajstić information content (AvgIpc) is 3.45. The Kier molecular flexibility index (Phi) is 5.38. The quantitative estimate of drug-likeness (QED) is 0.417. The number of hydrogen-bond donors (Lipinski definition) is 1. The van der Waals surface area contributed by atoms with Gasteiger partial charge in [0.05, 0.1) is 18.4 Å². The Morgan fingerprint density at radius 3 is 2.68 bits per heavy atom. The number of methoxy groups -OCH3 is 1. The van der Waals surface area contributed by atoms with Gasteiger partial charge in [0, 0.05) is 11.8 Å². The summed E-state index contributed by atoms with van der Waals surface area (Å²) in [5, 5.41) is 11.1. The largest absolute Gasteiger partial charge is 0.495 e. The van der Waals surface area contributed by atoms with Gasteiger partial charge in [0.25, 0.3) is 5.89 Å². The lowest BCUT2D eigenvalue weighted by atomic mass is 10.1. The number of aryl methyl sites for hydroxylation is 1. The fourth-order valence-corrected chi connectivity index (χ4v) is 3.53. The van der Waals surface area contributed by atoms with Gasteiger partial charge in [-0.15, -0.1) is 5.10 Å². The second-order valence-electron chi connectivity index (χ2n) is 7.59. The smallest absolute Gasteiger partial charge is 0.350 e. The van der Waals surface area contributed by atoms with Crippen molar-refractivity contribution in [1.82, 2.24) is 24.3 Å². The SMILES string of the molecule is COc1ccccc1NC(=O)Cn1nc2c(-c3nc(-c4ccc(C)cc4)no3)cccn2c1=O. The minimum atomic E-state index is -0.467. The Morgan fingerprint density at radius 2 is 1.88 bits per heavy atom. The summed E-state index contributed by atoms with van der Waals surface area (Å²) < 4.78 is 13.1. The van der Waals surface area contributed by atoms with Crippen LogP contribution in [0, 0.1) is 6.92 Å². The summed E-state index contributed by atoms with van der Waals surface area (Å²) in [5.74, 6) is 0.740. The van der Waals surface area contributed by atoms with Gasteiger partial charge < -0.3 is 14.6 Å². The highest BCUT2D eigenvalue weighted by Gasteiger charge is 2.19. The van der Waals surface area contributed by atoms with Gasteiger partial charge in [-0.1, -0.05) is 47.1 Å². The minimum Gasteiger partial charge on any atom is -0.495 e. The lowest BCUT2D eigenvalue weighted by molar-refractivity contribution is -0.117. The summed E-state index contributed by atoms with van der Waals surface area (Å²) in [5.41, 5.74) is 2.75. The highest BCUT2D eigenvalue weighted by molar-refractivity contribution is 5.92. The van der Waals surface area contributed by atoms with Crippen LogP contribution in [0.5, 0.6) is 5.75 Å². The fourth-order valence-electron chi connectivity index (χ4n) is 3.53. The third kappa shape index (κ3) is 3.92. The van der Waals surface area contributed by atoms with Gasteiger partial charge in [-0.2, -0.15) is 4.98 Å². The molecule has 5 rings (SSSR count). The van der Waals surface area contributed by atoms with E-state index in [0.29, 0.717) is 28.5 Å². The van der Waals surface area contributed by atoms with E-state index in [0.717, 1.165) is 15.8 Å². The second kappa shape index (κ2) is 8.66. The first-order valence-corrected chi connectivity index (χ1v) is 10.5. The number of hydrogen-bond acceptors (Lipinski definition) is 7. The monoisotopic (exact) mass is 456 g/mol. The van der Waals surface area contributed by atoms with Crippen LogP contribution >= 0.6 is 0 Å². The standard InChI is InChI=1S/C24H20N6O4/c1-15-9-11-16(12-10-15)21-26-23(34-28-21)17-6-5-13-29-22(17)27-30(24(29)32)14-20(31)25-18-7-3-4-8-19(18)33-2/h3-13H,14H2,1-2H3,(H,25,31). The minimum absolute atomic E-state index is 0.219. The maximum Gasteiger partial charge on any atom is 0.350 e. The first-order chi connectivity index (χ1) is 16.5. The summed E-state index contributed by atoms with van der Waals surface area (Å²) >= 11 is 0. The zero-order chi connectivity index (χ0) is 23.7. The number of fused-ring (bicyclic) bond motifs is 1. The lowest BCUT2D eigenvalue weighted by Crippen LogP contribution is -2.28. The predicted molar refractivity (Wildman–Crippen MR) is 125 cm³/mol. The van der Waals surface area contributed by atoms with Crippen LogP contribution in [-0.2, 0) is 11.3 Å². The number of benzene rings is 2. The van der Waals surface area contributed by atoms with Crippen LogP contribution in [0.3, 0.4) is 0 Å². The molecule has 0 aliphatic rings. The van der Waals surface area contributed by atoms with Crippen molar-refractivity contribution in [3.8, 4) is 28.6 Å². The summed E-state index contributed by atoms with van der Waals surface area (Å²) in [6.07, 6.45) is 1.57. The Hall–Kier alpha value is -4.73. The number of nitrogens with one attached hydrogen (secondary N) is 1. The van der Waals surface area contributed by atoms with Crippen molar-refractivity contribution in [2.45, 2.75) is 13.5 Å². The molecule has 0 radical (unpaired) electrons. The molecule has 1 amide bonds. The number of para-hydroxylation sites is 2. The van der Waals surface area contributed by atoms with Crippen molar-refractivity contribution in [3.05, 3.63) is 82.9 Å². The van der Waals surface area contributed by atoms with Gasteiger partial charge in [0.15, 0.2) is 5.65 Å². The zero-order valence-corrected chi connectivity index (χ0v) is 18.4. The van der Waals surface area contributed by atoms with E-state index in [2.05, 4.69) is 20.6 Å². The molecule has 0 fully saturated rings. The first kappa shape index (κ1) is 21.1. The number of carbonyl (C=O) groups is 1. The third-order valence-corrected chi connectivity index (χ3v) is 5.25. The summed E-state index contributed by atoms with van der Waals surface area (Å²) in [6, 6.07) is 18.2. The van der Waals surface area contributed by atoms with Gasteiger partial charge in [0.1, 0.15) is 12.3 Å². The number of anilines is 1. The molecule has 0 saturated carbocycles. The molecule has 2 aromatic carbocycles. The van der Waals surface area contributed by atoms with Crippen LogP contribution < -0.4 is 15.7 Å². The van der Waals surface area contributed by atoms with Crippen molar-refractivity contribution in [3.63, 3.8) is 0 Å². The molecule has 10 nitrogen and oxygen atoms in total. The molecule has 0 saturated heterocycles. The van der Waals surface area contributed by atoms with Crippen LogP contribution in [-0.4, -0.2) is 37.3 Å². The molecule has 170 valence electrons. The number of ether oxygens (including phenoxy) is 1. The number of nitrogens with zero attached hydrogens (tertiary/aromatic N) is 5. The molecule has 0 bridgehead atoms. The number of aromatic nitrogens is 5. The maximum atomic E-state index is 12.9. The molecular formula is C24H20N6O4. The van der Waals surface area contributed by atoms with Crippen molar-refractivity contribution < 1.29 is 14.1 Å². The zero-order valence-electron chi connectivity index (χ0n) is 18.4. The average molecular weight is 456 g/mol. The Balaban J connectivity index is 1.45. The van der Waals surface area contributed by atoms with Crippen LogP contribution in [0.15, 0.2) is 76.2 Å². The normalized spacial score (nSPS) is 11.0. The molecule has 5 aromatic rings. The van der Waals surface area contributed by atoms with E-state index in [1.165, 1.54) is 11.5 Å². The van der Waals surface area contributed by atoms with Gasteiger partial charge in [0.2, 0.25) is 11.7 Å². The number of rotatable bonds is 6. The van der Waals surface area contributed by atoms with Crippen molar-refractivity contribution in [2.24, 2.45) is 0 Å². The Labute approximate surface area is 193 Å². The molecule has 3 aromatic heterocycles. The summed E-state index contributed by atoms with van der Waals surface area (Å²) in [4.78, 5) is 29.9.